The van der Waals surface area contributed by atoms with Crippen LogP contribution in [-0.2, 0) is 11.2 Å². The maximum Gasteiger partial charge on any atom is 0.221 e. The van der Waals surface area contributed by atoms with Crippen LogP contribution in [-0.4, -0.2) is 17.6 Å². The molecule has 1 aromatic rings. The first-order valence-electron chi connectivity index (χ1n) is 4.81. The highest BCUT2D eigenvalue weighted by Crippen LogP contribution is 2.26. The van der Waals surface area contributed by atoms with Crippen LogP contribution in [0.2, 0.25) is 5.02 Å². The van der Waals surface area contributed by atoms with Gasteiger partial charge in [0.2, 0.25) is 5.91 Å². The topological polar surface area (TPSA) is 49.3 Å². The molecule has 15 heavy (non-hydrogen) atoms. The number of benzene rings is 1. The highest BCUT2D eigenvalue weighted by Gasteiger charge is 2.07. The number of aryl methyl sites for hydroxylation is 1. The van der Waals surface area contributed by atoms with Gasteiger partial charge in [0, 0.05) is 13.5 Å². The van der Waals surface area contributed by atoms with Crippen LogP contribution < -0.4 is 5.32 Å². The predicted molar refractivity (Wildman–Crippen MR) is 61.2 cm³/mol. The molecule has 1 rings (SSSR count). The van der Waals surface area contributed by atoms with Crippen LogP contribution in [0.5, 0.6) is 0 Å². The molecule has 3 nitrogen and oxygen atoms in total. The number of amides is 1. The van der Waals surface area contributed by atoms with Gasteiger partial charge in [-0.2, -0.15) is 0 Å². The molecule has 0 radical (unpaired) electrons. The number of anilines is 1. The molecule has 0 aliphatic heterocycles. The molecule has 0 fully saturated rings. The Kier molecular flexibility index (Phi) is 4.59. The predicted octanol–water partition coefficient (Wildman–Crippen LogP) is 2.22. The molecule has 0 atom stereocenters. The number of para-hydroxylation sites is 1. The summed E-state index contributed by atoms with van der Waals surface area (Å²) in [4.78, 5) is 11.0. The van der Waals surface area contributed by atoms with Gasteiger partial charge in [-0.3, -0.25) is 4.79 Å². The Morgan fingerprint density at radius 3 is 2.87 bits per heavy atom. The number of carbonyl (C=O) groups excluding carboxylic acids is 1. The van der Waals surface area contributed by atoms with Gasteiger partial charge in [-0.05, 0) is 24.5 Å². The molecule has 0 aromatic heterocycles. The molecular formula is C11H14ClNO2. The minimum Gasteiger partial charge on any atom is -0.396 e. The maximum atomic E-state index is 11.0. The van der Waals surface area contributed by atoms with Gasteiger partial charge in [-0.25, -0.2) is 0 Å². The first kappa shape index (κ1) is 12.0. The van der Waals surface area contributed by atoms with E-state index in [4.69, 9.17) is 16.7 Å². The smallest absolute Gasteiger partial charge is 0.221 e. The van der Waals surface area contributed by atoms with Gasteiger partial charge in [-0.1, -0.05) is 23.7 Å². The Balaban J connectivity index is 2.92. The molecule has 0 saturated carbocycles. The second-order valence-corrected chi connectivity index (χ2v) is 3.69. The molecule has 0 unspecified atom stereocenters. The van der Waals surface area contributed by atoms with Crippen molar-refractivity contribution in [1.82, 2.24) is 0 Å². The Bertz CT molecular complexity index is 352. The van der Waals surface area contributed by atoms with Crippen molar-refractivity contribution >= 4 is 23.2 Å². The maximum absolute atomic E-state index is 11.0. The molecule has 0 aliphatic rings. The summed E-state index contributed by atoms with van der Waals surface area (Å²) >= 11 is 5.98. The van der Waals surface area contributed by atoms with E-state index in [-0.39, 0.29) is 12.5 Å². The molecule has 0 saturated heterocycles. The van der Waals surface area contributed by atoms with Gasteiger partial charge in [0.1, 0.15) is 0 Å². The van der Waals surface area contributed by atoms with Crippen molar-refractivity contribution in [2.75, 3.05) is 11.9 Å². The van der Waals surface area contributed by atoms with Crippen LogP contribution in [0.15, 0.2) is 18.2 Å². The number of aliphatic hydroxyl groups excluding tert-OH is 1. The number of hydrogen-bond donors (Lipinski definition) is 2. The quantitative estimate of drug-likeness (QED) is 0.829. The van der Waals surface area contributed by atoms with Crippen molar-refractivity contribution < 1.29 is 9.90 Å². The molecule has 1 aromatic carbocycles. The van der Waals surface area contributed by atoms with E-state index < -0.39 is 0 Å². The van der Waals surface area contributed by atoms with E-state index in [1.54, 1.807) is 6.07 Å². The fourth-order valence-corrected chi connectivity index (χ4v) is 1.60. The largest absolute Gasteiger partial charge is 0.396 e. The van der Waals surface area contributed by atoms with Crippen molar-refractivity contribution in [2.45, 2.75) is 19.8 Å². The summed E-state index contributed by atoms with van der Waals surface area (Å²) in [5, 5.41) is 12.0. The van der Waals surface area contributed by atoms with Crippen molar-refractivity contribution in [3.63, 3.8) is 0 Å². The summed E-state index contributed by atoms with van der Waals surface area (Å²) in [7, 11) is 0. The average Bonchev–Trinajstić information content (AvgIpc) is 2.18. The Morgan fingerprint density at radius 1 is 1.53 bits per heavy atom. The van der Waals surface area contributed by atoms with Gasteiger partial charge in [0.05, 0.1) is 10.7 Å². The summed E-state index contributed by atoms with van der Waals surface area (Å²) in [5.74, 6) is -0.145. The number of rotatable bonds is 4. The molecule has 82 valence electrons. The summed E-state index contributed by atoms with van der Waals surface area (Å²) in [6.45, 7) is 1.57. The zero-order valence-corrected chi connectivity index (χ0v) is 9.34. The molecule has 0 aliphatic carbocycles. The third kappa shape index (κ3) is 3.53. The third-order valence-electron chi connectivity index (χ3n) is 2.01. The number of nitrogens with one attached hydrogen (secondary N) is 1. The van der Waals surface area contributed by atoms with Gasteiger partial charge in [0.15, 0.2) is 0 Å². The molecular weight excluding hydrogens is 214 g/mol. The lowest BCUT2D eigenvalue weighted by Gasteiger charge is -2.11. The van der Waals surface area contributed by atoms with Crippen LogP contribution >= 0.6 is 11.6 Å². The van der Waals surface area contributed by atoms with Crippen LogP contribution in [0.4, 0.5) is 5.69 Å². The van der Waals surface area contributed by atoms with Gasteiger partial charge >= 0.3 is 0 Å². The SMILES string of the molecule is CC(=O)Nc1c(Cl)cccc1CCCO. The van der Waals surface area contributed by atoms with Crippen LogP contribution in [0.25, 0.3) is 0 Å². The fraction of sp³-hybridized carbons (Fsp3) is 0.364. The lowest BCUT2D eigenvalue weighted by atomic mass is 10.1. The summed E-state index contributed by atoms with van der Waals surface area (Å²) in [6.07, 6.45) is 1.36. The van der Waals surface area contributed by atoms with Gasteiger partial charge in [-0.15, -0.1) is 0 Å². The minimum atomic E-state index is -0.145. The third-order valence-corrected chi connectivity index (χ3v) is 2.32. The second-order valence-electron chi connectivity index (χ2n) is 3.28. The Labute approximate surface area is 94.1 Å². The number of aliphatic hydroxyl groups is 1. The summed E-state index contributed by atoms with van der Waals surface area (Å²) in [5.41, 5.74) is 1.60. The molecule has 2 N–H and O–H groups in total. The van der Waals surface area contributed by atoms with E-state index in [9.17, 15) is 4.79 Å². The molecule has 0 bridgehead atoms. The lowest BCUT2D eigenvalue weighted by Crippen LogP contribution is -2.09. The van der Waals surface area contributed by atoms with Crippen molar-refractivity contribution in [3.05, 3.63) is 28.8 Å². The normalized spacial score (nSPS) is 10.1. The molecule has 0 heterocycles. The average molecular weight is 228 g/mol. The minimum absolute atomic E-state index is 0.131. The zero-order valence-electron chi connectivity index (χ0n) is 8.59. The highest BCUT2D eigenvalue weighted by molar-refractivity contribution is 6.33. The van der Waals surface area contributed by atoms with E-state index in [1.165, 1.54) is 6.92 Å². The standard InChI is InChI=1S/C11H14ClNO2/c1-8(15)13-11-9(5-3-7-14)4-2-6-10(11)12/h2,4,6,14H,3,5,7H2,1H3,(H,13,15). The zero-order chi connectivity index (χ0) is 11.3. The van der Waals surface area contributed by atoms with Crippen LogP contribution in [0, 0.1) is 0 Å². The fourth-order valence-electron chi connectivity index (χ4n) is 1.36. The lowest BCUT2D eigenvalue weighted by molar-refractivity contribution is -0.114. The van der Waals surface area contributed by atoms with Gasteiger partial charge < -0.3 is 10.4 Å². The van der Waals surface area contributed by atoms with Crippen molar-refractivity contribution in [3.8, 4) is 0 Å². The molecule has 0 spiro atoms. The van der Waals surface area contributed by atoms with Crippen LogP contribution in [0.1, 0.15) is 18.9 Å². The highest BCUT2D eigenvalue weighted by atomic mass is 35.5. The van der Waals surface area contributed by atoms with E-state index in [1.807, 2.05) is 12.1 Å². The number of hydrogen-bond acceptors (Lipinski definition) is 2. The first-order chi connectivity index (χ1) is 7.15. The van der Waals surface area contributed by atoms with E-state index in [2.05, 4.69) is 5.32 Å². The Morgan fingerprint density at radius 2 is 2.27 bits per heavy atom. The van der Waals surface area contributed by atoms with E-state index in [0.717, 1.165) is 5.56 Å². The molecule has 4 heteroatoms. The van der Waals surface area contributed by atoms with Gasteiger partial charge in [0.25, 0.3) is 0 Å². The van der Waals surface area contributed by atoms with E-state index >= 15 is 0 Å². The number of halogens is 1. The summed E-state index contributed by atoms with van der Waals surface area (Å²) in [6, 6.07) is 5.46. The van der Waals surface area contributed by atoms with E-state index in [0.29, 0.717) is 23.6 Å². The molecule has 1 amide bonds. The second kappa shape index (κ2) is 5.73. The Hall–Kier alpha value is -1.06. The first-order valence-corrected chi connectivity index (χ1v) is 5.18. The summed E-state index contributed by atoms with van der Waals surface area (Å²) < 4.78 is 0. The monoisotopic (exact) mass is 227 g/mol. The number of carbonyl (C=O) groups is 1. The van der Waals surface area contributed by atoms with Crippen LogP contribution in [0.3, 0.4) is 0 Å². The van der Waals surface area contributed by atoms with Crippen molar-refractivity contribution in [2.24, 2.45) is 0 Å². The van der Waals surface area contributed by atoms with Crippen molar-refractivity contribution in [1.29, 1.82) is 0 Å².